The summed E-state index contributed by atoms with van der Waals surface area (Å²) in [6.07, 6.45) is 1.21. The maximum absolute atomic E-state index is 6.11. The van der Waals surface area contributed by atoms with Crippen molar-refractivity contribution in [1.82, 2.24) is 4.90 Å². The second kappa shape index (κ2) is 5.23. The minimum atomic E-state index is 0.554. The van der Waals surface area contributed by atoms with E-state index in [0.29, 0.717) is 12.5 Å². The van der Waals surface area contributed by atoms with E-state index in [2.05, 4.69) is 32.5 Å². The number of nitrogens with two attached hydrogens (primary N) is 1. The van der Waals surface area contributed by atoms with Gasteiger partial charge in [-0.15, -0.1) is 0 Å². The van der Waals surface area contributed by atoms with Gasteiger partial charge in [-0.2, -0.15) is 0 Å². The maximum atomic E-state index is 6.11. The summed E-state index contributed by atoms with van der Waals surface area (Å²) in [5.74, 6) is 0.626. The van der Waals surface area contributed by atoms with Gasteiger partial charge >= 0.3 is 0 Å². The van der Waals surface area contributed by atoms with E-state index in [1.807, 2.05) is 18.2 Å². The topological polar surface area (TPSA) is 41.6 Å². The fourth-order valence-electron chi connectivity index (χ4n) is 1.46. The molecule has 0 saturated carbocycles. The smallest absolute Gasteiger partial charge is 0.191 e. The molecule has 0 aromatic heterocycles. The van der Waals surface area contributed by atoms with Crippen molar-refractivity contribution < 1.29 is 0 Å². The minimum Gasteiger partial charge on any atom is -0.370 e. The highest BCUT2D eigenvalue weighted by atomic mass is 127. The summed E-state index contributed by atoms with van der Waals surface area (Å²) in [5, 5.41) is 0.757. The molecular weight excluding hydrogens is 336 g/mol. The largest absolute Gasteiger partial charge is 0.370 e. The Balaban J connectivity index is 2.03. The standard InChI is InChI=1S/C11H13ClIN3/c12-10-6-9(13)3-2-8(10)7-15-11(14)16-4-1-5-16/h2-3,6H,1,4-5,7H2,(H2,14,15). The molecule has 1 aromatic rings. The summed E-state index contributed by atoms with van der Waals surface area (Å²) in [7, 11) is 0. The Morgan fingerprint density at radius 2 is 2.25 bits per heavy atom. The Bertz CT molecular complexity index is 416. The number of benzene rings is 1. The van der Waals surface area contributed by atoms with Gasteiger partial charge in [0.15, 0.2) is 5.96 Å². The van der Waals surface area contributed by atoms with Crippen LogP contribution in [0.25, 0.3) is 0 Å². The number of likely N-dealkylation sites (tertiary alicyclic amines) is 1. The highest BCUT2D eigenvalue weighted by Crippen LogP contribution is 2.20. The van der Waals surface area contributed by atoms with Gasteiger partial charge in [-0.1, -0.05) is 17.7 Å². The predicted molar refractivity (Wildman–Crippen MR) is 75.7 cm³/mol. The molecule has 0 unspecified atom stereocenters. The van der Waals surface area contributed by atoms with Gasteiger partial charge in [-0.3, -0.25) is 0 Å². The molecule has 2 rings (SSSR count). The molecule has 16 heavy (non-hydrogen) atoms. The lowest BCUT2D eigenvalue weighted by Crippen LogP contribution is -2.46. The van der Waals surface area contributed by atoms with Crippen LogP contribution < -0.4 is 5.73 Å². The highest BCUT2D eigenvalue weighted by molar-refractivity contribution is 14.1. The van der Waals surface area contributed by atoms with E-state index < -0.39 is 0 Å². The minimum absolute atomic E-state index is 0.554. The molecule has 2 N–H and O–H groups in total. The molecule has 0 radical (unpaired) electrons. The molecule has 0 bridgehead atoms. The summed E-state index contributed by atoms with van der Waals surface area (Å²) in [6, 6.07) is 5.96. The Labute approximate surface area is 114 Å². The SMILES string of the molecule is NC(=NCc1ccc(I)cc1Cl)N1CCC1. The first-order valence-corrected chi connectivity index (χ1v) is 6.61. The van der Waals surface area contributed by atoms with Gasteiger partial charge in [0.25, 0.3) is 0 Å². The van der Waals surface area contributed by atoms with Crippen LogP contribution in [0.4, 0.5) is 0 Å². The van der Waals surface area contributed by atoms with Crippen LogP contribution in [-0.2, 0) is 6.54 Å². The molecule has 0 amide bonds. The summed E-state index contributed by atoms with van der Waals surface area (Å²) < 4.78 is 1.13. The molecule has 0 atom stereocenters. The van der Waals surface area contributed by atoms with Gasteiger partial charge < -0.3 is 10.6 Å². The summed E-state index contributed by atoms with van der Waals surface area (Å²) in [6.45, 7) is 2.60. The molecule has 1 fully saturated rings. The second-order valence-electron chi connectivity index (χ2n) is 3.75. The zero-order valence-corrected chi connectivity index (χ0v) is 11.7. The van der Waals surface area contributed by atoms with Crippen LogP contribution in [0.1, 0.15) is 12.0 Å². The molecule has 1 aliphatic rings. The fraction of sp³-hybridized carbons (Fsp3) is 0.364. The molecule has 1 aromatic carbocycles. The van der Waals surface area contributed by atoms with Crippen molar-refractivity contribution in [2.45, 2.75) is 13.0 Å². The van der Waals surface area contributed by atoms with E-state index in [1.165, 1.54) is 6.42 Å². The van der Waals surface area contributed by atoms with E-state index in [0.717, 1.165) is 27.2 Å². The molecule has 5 heteroatoms. The average Bonchev–Trinajstić information content (AvgIpc) is 2.13. The number of aliphatic imine (C=N–C) groups is 1. The molecule has 1 aliphatic heterocycles. The second-order valence-corrected chi connectivity index (χ2v) is 5.40. The number of halogens is 2. The molecule has 86 valence electrons. The average molecular weight is 350 g/mol. The number of guanidine groups is 1. The highest BCUT2D eigenvalue weighted by Gasteiger charge is 2.15. The van der Waals surface area contributed by atoms with Crippen LogP contribution in [0, 0.1) is 3.57 Å². The Kier molecular flexibility index (Phi) is 3.91. The lowest BCUT2D eigenvalue weighted by molar-refractivity contribution is 0.295. The van der Waals surface area contributed by atoms with Crippen LogP contribution in [0.3, 0.4) is 0 Å². The zero-order chi connectivity index (χ0) is 11.5. The Hall–Kier alpha value is -0.490. The number of hydrogen-bond donors (Lipinski definition) is 1. The van der Waals surface area contributed by atoms with Crippen LogP contribution in [0.5, 0.6) is 0 Å². The summed E-state index contributed by atoms with van der Waals surface area (Å²) in [4.78, 5) is 6.41. The molecule has 0 spiro atoms. The lowest BCUT2D eigenvalue weighted by atomic mass is 10.2. The third kappa shape index (κ3) is 2.79. The fourth-order valence-corrected chi connectivity index (χ4v) is 2.38. The van der Waals surface area contributed by atoms with Crippen LogP contribution >= 0.6 is 34.2 Å². The van der Waals surface area contributed by atoms with E-state index in [1.54, 1.807) is 0 Å². The van der Waals surface area contributed by atoms with Crippen LogP contribution in [-0.4, -0.2) is 23.9 Å². The maximum Gasteiger partial charge on any atom is 0.191 e. The molecule has 3 nitrogen and oxygen atoms in total. The van der Waals surface area contributed by atoms with Crippen molar-refractivity contribution in [2.75, 3.05) is 13.1 Å². The quantitative estimate of drug-likeness (QED) is 0.506. The van der Waals surface area contributed by atoms with E-state index in [-0.39, 0.29) is 0 Å². The molecular formula is C11H13ClIN3. The van der Waals surface area contributed by atoms with E-state index in [4.69, 9.17) is 17.3 Å². The third-order valence-electron chi connectivity index (χ3n) is 2.61. The molecule has 1 saturated heterocycles. The van der Waals surface area contributed by atoms with Crippen molar-refractivity contribution >= 4 is 40.2 Å². The van der Waals surface area contributed by atoms with Crippen molar-refractivity contribution in [3.05, 3.63) is 32.4 Å². The first-order chi connectivity index (χ1) is 7.66. The zero-order valence-electron chi connectivity index (χ0n) is 8.79. The van der Waals surface area contributed by atoms with Gasteiger partial charge in [0.1, 0.15) is 0 Å². The number of nitrogens with zero attached hydrogens (tertiary/aromatic N) is 2. The van der Waals surface area contributed by atoms with Crippen LogP contribution in [0.2, 0.25) is 5.02 Å². The van der Waals surface area contributed by atoms with Gasteiger partial charge in [-0.05, 0) is 46.7 Å². The summed E-state index contributed by atoms with van der Waals surface area (Å²) in [5.41, 5.74) is 6.86. The number of rotatable bonds is 2. The normalized spacial score (nSPS) is 16.1. The van der Waals surface area contributed by atoms with E-state index in [9.17, 15) is 0 Å². The van der Waals surface area contributed by atoms with Gasteiger partial charge in [0.2, 0.25) is 0 Å². The Morgan fingerprint density at radius 1 is 1.50 bits per heavy atom. The van der Waals surface area contributed by atoms with Gasteiger partial charge in [0, 0.05) is 21.7 Å². The van der Waals surface area contributed by atoms with Crippen molar-refractivity contribution in [3.8, 4) is 0 Å². The van der Waals surface area contributed by atoms with Crippen LogP contribution in [0.15, 0.2) is 23.2 Å². The number of hydrogen-bond acceptors (Lipinski definition) is 1. The predicted octanol–water partition coefficient (Wildman–Crippen LogP) is 2.47. The lowest BCUT2D eigenvalue weighted by Gasteiger charge is -2.31. The van der Waals surface area contributed by atoms with Crippen molar-refractivity contribution in [1.29, 1.82) is 0 Å². The summed E-state index contributed by atoms with van der Waals surface area (Å²) >= 11 is 8.35. The molecule has 0 aliphatic carbocycles. The van der Waals surface area contributed by atoms with Crippen molar-refractivity contribution in [2.24, 2.45) is 10.7 Å². The van der Waals surface area contributed by atoms with Gasteiger partial charge in [0.05, 0.1) is 6.54 Å². The molecule has 1 heterocycles. The van der Waals surface area contributed by atoms with Gasteiger partial charge in [-0.25, -0.2) is 4.99 Å². The first-order valence-electron chi connectivity index (χ1n) is 5.15. The van der Waals surface area contributed by atoms with Crippen molar-refractivity contribution in [3.63, 3.8) is 0 Å². The van der Waals surface area contributed by atoms with E-state index >= 15 is 0 Å². The Morgan fingerprint density at radius 3 is 2.81 bits per heavy atom. The monoisotopic (exact) mass is 349 g/mol. The third-order valence-corrected chi connectivity index (χ3v) is 3.63. The first kappa shape index (κ1) is 12.0.